The number of amides is 1. The smallest absolute Gasteiger partial charge is 0.241 e. The van der Waals surface area contributed by atoms with Gasteiger partial charge in [-0.15, -0.1) is 0 Å². The predicted molar refractivity (Wildman–Crippen MR) is 65.1 cm³/mol. The van der Waals surface area contributed by atoms with Crippen molar-refractivity contribution in [3.05, 3.63) is 24.3 Å². The van der Waals surface area contributed by atoms with E-state index in [0.29, 0.717) is 11.4 Å². The van der Waals surface area contributed by atoms with E-state index in [0.717, 1.165) is 25.8 Å². The fourth-order valence-electron chi connectivity index (χ4n) is 1.91. The summed E-state index contributed by atoms with van der Waals surface area (Å²) >= 11 is 0. The maximum absolute atomic E-state index is 11.9. The van der Waals surface area contributed by atoms with Gasteiger partial charge < -0.3 is 16.4 Å². The van der Waals surface area contributed by atoms with E-state index in [2.05, 4.69) is 10.6 Å². The Bertz CT molecular complexity index is 372. The molecule has 1 aromatic carbocycles. The molecule has 0 bridgehead atoms. The molecule has 1 amide bonds. The summed E-state index contributed by atoms with van der Waals surface area (Å²) in [5.41, 5.74) is 7.06. The number of nitrogens with one attached hydrogen (secondary N) is 2. The van der Waals surface area contributed by atoms with E-state index in [1.165, 1.54) is 0 Å². The second-order valence-electron chi connectivity index (χ2n) is 4.08. The minimum absolute atomic E-state index is 0.0117. The lowest BCUT2D eigenvalue weighted by atomic mass is 10.0. The van der Waals surface area contributed by atoms with E-state index in [-0.39, 0.29) is 11.9 Å². The number of carbonyl (C=O) groups is 1. The van der Waals surface area contributed by atoms with Crippen molar-refractivity contribution in [1.29, 1.82) is 0 Å². The minimum atomic E-state index is -0.0756. The Morgan fingerprint density at radius 1 is 1.38 bits per heavy atom. The molecule has 2 rings (SSSR count). The van der Waals surface area contributed by atoms with Gasteiger partial charge in [-0.25, -0.2) is 0 Å². The zero-order valence-corrected chi connectivity index (χ0v) is 9.20. The van der Waals surface area contributed by atoms with Crippen LogP contribution < -0.4 is 16.4 Å². The molecular formula is C12H17N3O. The molecule has 4 heteroatoms. The van der Waals surface area contributed by atoms with Gasteiger partial charge in [-0.1, -0.05) is 18.6 Å². The summed E-state index contributed by atoms with van der Waals surface area (Å²) in [6, 6.07) is 7.23. The normalized spacial score (nSPS) is 20.4. The molecule has 1 atom stereocenters. The number of carbonyl (C=O) groups excluding carboxylic acids is 1. The molecule has 0 radical (unpaired) electrons. The number of hydrogen-bond acceptors (Lipinski definition) is 3. The van der Waals surface area contributed by atoms with Gasteiger partial charge in [0.15, 0.2) is 0 Å². The molecule has 0 aromatic heterocycles. The quantitative estimate of drug-likeness (QED) is 0.658. The highest BCUT2D eigenvalue weighted by atomic mass is 16.2. The zero-order chi connectivity index (χ0) is 11.4. The largest absolute Gasteiger partial charge is 0.397 e. The molecule has 1 aliphatic rings. The van der Waals surface area contributed by atoms with Crippen LogP contribution in [0.15, 0.2) is 24.3 Å². The van der Waals surface area contributed by atoms with Crippen molar-refractivity contribution in [3.8, 4) is 0 Å². The third kappa shape index (κ3) is 2.52. The predicted octanol–water partition coefficient (Wildman–Crippen LogP) is 1.35. The first-order valence-electron chi connectivity index (χ1n) is 5.66. The molecule has 1 aromatic rings. The average Bonchev–Trinajstić information content (AvgIpc) is 2.33. The molecule has 0 spiro atoms. The first kappa shape index (κ1) is 11.0. The van der Waals surface area contributed by atoms with Crippen LogP contribution in [0.2, 0.25) is 0 Å². The topological polar surface area (TPSA) is 67.1 Å². The van der Waals surface area contributed by atoms with Crippen molar-refractivity contribution in [3.63, 3.8) is 0 Å². The SMILES string of the molecule is Nc1ccccc1NC(=O)C1CCCCN1. The van der Waals surface area contributed by atoms with Gasteiger partial charge in [0.2, 0.25) is 5.91 Å². The third-order valence-corrected chi connectivity index (χ3v) is 2.85. The van der Waals surface area contributed by atoms with Gasteiger partial charge in [-0.05, 0) is 31.5 Å². The van der Waals surface area contributed by atoms with Gasteiger partial charge in [0.05, 0.1) is 17.4 Å². The molecule has 0 aliphatic carbocycles. The summed E-state index contributed by atoms with van der Waals surface area (Å²) in [4.78, 5) is 11.9. The van der Waals surface area contributed by atoms with Crippen LogP contribution in [-0.2, 0) is 4.79 Å². The lowest BCUT2D eigenvalue weighted by molar-refractivity contribution is -0.118. The number of anilines is 2. The fourth-order valence-corrected chi connectivity index (χ4v) is 1.91. The number of nitrogens with two attached hydrogens (primary N) is 1. The lowest BCUT2D eigenvalue weighted by Gasteiger charge is -2.22. The van der Waals surface area contributed by atoms with E-state index in [1.807, 2.05) is 18.2 Å². The van der Waals surface area contributed by atoms with Crippen molar-refractivity contribution in [1.82, 2.24) is 5.32 Å². The highest BCUT2D eigenvalue weighted by Crippen LogP contribution is 2.18. The van der Waals surface area contributed by atoms with Gasteiger partial charge in [0.25, 0.3) is 0 Å². The van der Waals surface area contributed by atoms with Gasteiger partial charge in [0, 0.05) is 0 Å². The van der Waals surface area contributed by atoms with Crippen LogP contribution in [0.1, 0.15) is 19.3 Å². The molecule has 0 saturated carbocycles. The molecule has 1 unspecified atom stereocenters. The number of para-hydroxylation sites is 2. The zero-order valence-electron chi connectivity index (χ0n) is 9.20. The van der Waals surface area contributed by atoms with Gasteiger partial charge in [0.1, 0.15) is 0 Å². The van der Waals surface area contributed by atoms with Gasteiger partial charge >= 0.3 is 0 Å². The Hall–Kier alpha value is -1.55. The first-order chi connectivity index (χ1) is 7.77. The van der Waals surface area contributed by atoms with Crippen LogP contribution in [-0.4, -0.2) is 18.5 Å². The Labute approximate surface area is 95.2 Å². The van der Waals surface area contributed by atoms with Crippen molar-refractivity contribution < 1.29 is 4.79 Å². The van der Waals surface area contributed by atoms with Crippen LogP contribution in [0.3, 0.4) is 0 Å². The maximum Gasteiger partial charge on any atom is 0.241 e. The van der Waals surface area contributed by atoms with E-state index in [1.54, 1.807) is 6.07 Å². The van der Waals surface area contributed by atoms with E-state index in [4.69, 9.17) is 5.73 Å². The lowest BCUT2D eigenvalue weighted by Crippen LogP contribution is -2.43. The Morgan fingerprint density at radius 3 is 2.88 bits per heavy atom. The number of nitrogen functional groups attached to an aromatic ring is 1. The summed E-state index contributed by atoms with van der Waals surface area (Å²) in [7, 11) is 0. The number of hydrogen-bond donors (Lipinski definition) is 3. The molecule has 4 N–H and O–H groups in total. The van der Waals surface area contributed by atoms with Crippen molar-refractivity contribution >= 4 is 17.3 Å². The third-order valence-electron chi connectivity index (χ3n) is 2.85. The monoisotopic (exact) mass is 219 g/mol. The second-order valence-corrected chi connectivity index (χ2v) is 4.08. The van der Waals surface area contributed by atoms with Crippen LogP contribution in [0.4, 0.5) is 11.4 Å². The number of piperidine rings is 1. The van der Waals surface area contributed by atoms with Crippen molar-refractivity contribution in [2.24, 2.45) is 0 Å². The van der Waals surface area contributed by atoms with Crippen LogP contribution in [0, 0.1) is 0 Å². The molecule has 16 heavy (non-hydrogen) atoms. The van der Waals surface area contributed by atoms with Crippen LogP contribution in [0.25, 0.3) is 0 Å². The Kier molecular flexibility index (Phi) is 3.41. The second kappa shape index (κ2) is 4.99. The summed E-state index contributed by atoms with van der Waals surface area (Å²) in [5.74, 6) is 0.0117. The van der Waals surface area contributed by atoms with Crippen LogP contribution in [0.5, 0.6) is 0 Å². The van der Waals surface area contributed by atoms with E-state index >= 15 is 0 Å². The molecule has 1 fully saturated rings. The molecule has 1 aliphatic heterocycles. The first-order valence-corrected chi connectivity index (χ1v) is 5.66. The molecule has 1 heterocycles. The van der Waals surface area contributed by atoms with E-state index < -0.39 is 0 Å². The minimum Gasteiger partial charge on any atom is -0.397 e. The average molecular weight is 219 g/mol. The number of rotatable bonds is 2. The molecule has 86 valence electrons. The van der Waals surface area contributed by atoms with Crippen molar-refractivity contribution in [2.75, 3.05) is 17.6 Å². The summed E-state index contributed by atoms with van der Waals surface area (Å²) in [6.45, 7) is 0.919. The summed E-state index contributed by atoms with van der Waals surface area (Å²) in [6.07, 6.45) is 3.16. The summed E-state index contributed by atoms with van der Waals surface area (Å²) in [5, 5.41) is 6.06. The molecule has 1 saturated heterocycles. The van der Waals surface area contributed by atoms with Gasteiger partial charge in [-0.3, -0.25) is 4.79 Å². The summed E-state index contributed by atoms with van der Waals surface area (Å²) < 4.78 is 0. The van der Waals surface area contributed by atoms with Gasteiger partial charge in [-0.2, -0.15) is 0 Å². The fraction of sp³-hybridized carbons (Fsp3) is 0.417. The Morgan fingerprint density at radius 2 is 2.19 bits per heavy atom. The maximum atomic E-state index is 11.9. The number of benzene rings is 1. The molecular weight excluding hydrogens is 202 g/mol. The highest BCUT2D eigenvalue weighted by Gasteiger charge is 2.20. The standard InChI is InChI=1S/C12H17N3O/c13-9-5-1-2-6-10(9)15-12(16)11-7-3-4-8-14-11/h1-2,5-6,11,14H,3-4,7-8,13H2,(H,15,16). The van der Waals surface area contributed by atoms with Crippen molar-refractivity contribution in [2.45, 2.75) is 25.3 Å². The van der Waals surface area contributed by atoms with Crippen LogP contribution >= 0.6 is 0 Å². The highest BCUT2D eigenvalue weighted by molar-refractivity contribution is 5.97. The molecule has 4 nitrogen and oxygen atoms in total. The van der Waals surface area contributed by atoms with E-state index in [9.17, 15) is 4.79 Å². The Balaban J connectivity index is 1.99.